The predicted octanol–water partition coefficient (Wildman–Crippen LogP) is 0.210. The number of hydrogen-bond acceptors (Lipinski definition) is 4. The molecule has 0 aromatic rings. The number of carbonyl (C=O) groups is 2. The summed E-state index contributed by atoms with van der Waals surface area (Å²) in [5, 5.41) is 8.96. The number of carboxylic acid groups (broad SMARTS) is 1. The molecule has 5 nitrogen and oxygen atoms in total. The highest BCUT2D eigenvalue weighted by molar-refractivity contribution is 7.80. The minimum atomic E-state index is -1.03. The maximum atomic E-state index is 11.8. The number of thiol groups is 1. The van der Waals surface area contributed by atoms with Crippen molar-refractivity contribution < 1.29 is 19.4 Å². The van der Waals surface area contributed by atoms with E-state index in [1.807, 2.05) is 0 Å². The Labute approximate surface area is 93.8 Å². The molecule has 1 aliphatic rings. The van der Waals surface area contributed by atoms with E-state index in [1.54, 1.807) is 13.8 Å². The third-order valence-corrected chi connectivity index (χ3v) is 3.04. The van der Waals surface area contributed by atoms with Crippen LogP contribution in [0.1, 0.15) is 13.8 Å². The molecule has 0 aliphatic carbocycles. The Kier molecular flexibility index (Phi) is 3.98. The van der Waals surface area contributed by atoms with E-state index in [9.17, 15) is 9.59 Å². The summed E-state index contributed by atoms with van der Waals surface area (Å²) in [6.45, 7) is 3.42. The molecule has 3 atom stereocenters. The molecule has 1 fully saturated rings. The van der Waals surface area contributed by atoms with Crippen molar-refractivity contribution in [1.29, 1.82) is 0 Å². The van der Waals surface area contributed by atoms with E-state index >= 15 is 0 Å². The average Bonchev–Trinajstić information content (AvgIpc) is 2.57. The molecule has 1 aliphatic heterocycles. The number of hydrogen-bond donors (Lipinski definition) is 2. The van der Waals surface area contributed by atoms with E-state index in [-0.39, 0.29) is 18.6 Å². The zero-order valence-corrected chi connectivity index (χ0v) is 9.61. The van der Waals surface area contributed by atoms with Crippen molar-refractivity contribution in [1.82, 2.24) is 4.90 Å². The van der Waals surface area contributed by atoms with Gasteiger partial charge in [-0.25, -0.2) is 4.79 Å². The minimum Gasteiger partial charge on any atom is -0.480 e. The first-order valence-electron chi connectivity index (χ1n) is 4.74. The van der Waals surface area contributed by atoms with Crippen molar-refractivity contribution >= 4 is 24.5 Å². The number of carboxylic acids is 1. The number of rotatable bonds is 3. The van der Waals surface area contributed by atoms with E-state index in [4.69, 9.17) is 9.84 Å². The van der Waals surface area contributed by atoms with E-state index in [1.165, 1.54) is 4.90 Å². The summed E-state index contributed by atoms with van der Waals surface area (Å²) in [4.78, 5) is 24.0. The largest absolute Gasteiger partial charge is 0.480 e. The number of amides is 1. The third-order valence-electron chi connectivity index (χ3n) is 2.49. The van der Waals surface area contributed by atoms with Crippen LogP contribution in [0.2, 0.25) is 0 Å². The molecule has 0 radical (unpaired) electrons. The number of nitrogens with zero attached hydrogens (tertiary/aromatic N) is 1. The van der Waals surface area contributed by atoms with Crippen molar-refractivity contribution in [2.24, 2.45) is 5.92 Å². The van der Waals surface area contributed by atoms with Gasteiger partial charge in [0.2, 0.25) is 5.91 Å². The summed E-state index contributed by atoms with van der Waals surface area (Å²) in [7, 11) is 0. The first kappa shape index (κ1) is 12.3. The van der Waals surface area contributed by atoms with Crippen LogP contribution >= 0.6 is 12.6 Å². The molecule has 6 heteroatoms. The lowest BCUT2D eigenvalue weighted by molar-refractivity contribution is -0.149. The van der Waals surface area contributed by atoms with Gasteiger partial charge in [0.25, 0.3) is 0 Å². The van der Waals surface area contributed by atoms with Crippen LogP contribution in [0, 0.1) is 5.92 Å². The zero-order chi connectivity index (χ0) is 11.6. The molecule has 1 heterocycles. The van der Waals surface area contributed by atoms with Crippen molar-refractivity contribution in [3.05, 3.63) is 0 Å². The third kappa shape index (κ3) is 2.43. The van der Waals surface area contributed by atoms with Gasteiger partial charge in [-0.1, -0.05) is 6.92 Å². The van der Waals surface area contributed by atoms with Gasteiger partial charge in [0.05, 0.1) is 6.10 Å². The van der Waals surface area contributed by atoms with Crippen LogP contribution < -0.4 is 0 Å². The van der Waals surface area contributed by atoms with Gasteiger partial charge in [-0.05, 0) is 6.92 Å². The smallest absolute Gasteiger partial charge is 0.329 e. The van der Waals surface area contributed by atoms with Gasteiger partial charge in [-0.15, -0.1) is 0 Å². The highest BCUT2D eigenvalue weighted by atomic mass is 32.1. The van der Waals surface area contributed by atoms with Crippen LogP contribution in [-0.2, 0) is 14.3 Å². The van der Waals surface area contributed by atoms with Gasteiger partial charge >= 0.3 is 5.97 Å². The van der Waals surface area contributed by atoms with Crippen molar-refractivity contribution in [2.75, 3.05) is 12.5 Å². The van der Waals surface area contributed by atoms with E-state index in [0.717, 1.165) is 0 Å². The maximum absolute atomic E-state index is 11.8. The monoisotopic (exact) mass is 233 g/mol. The predicted molar refractivity (Wildman–Crippen MR) is 56.7 cm³/mol. The van der Waals surface area contributed by atoms with Crippen LogP contribution in [0.3, 0.4) is 0 Å². The second kappa shape index (κ2) is 4.85. The summed E-state index contributed by atoms with van der Waals surface area (Å²) in [5.74, 6) is -1.14. The lowest BCUT2D eigenvalue weighted by Crippen LogP contribution is -2.46. The first-order valence-corrected chi connectivity index (χ1v) is 5.38. The summed E-state index contributed by atoms with van der Waals surface area (Å²) < 4.78 is 5.15. The molecule has 15 heavy (non-hydrogen) atoms. The van der Waals surface area contributed by atoms with Crippen LogP contribution in [0.15, 0.2) is 0 Å². The van der Waals surface area contributed by atoms with Gasteiger partial charge in [-0.3, -0.25) is 4.79 Å². The summed E-state index contributed by atoms with van der Waals surface area (Å²) in [5.41, 5.74) is 0. The molecule has 0 aromatic carbocycles. The molecule has 0 spiro atoms. The topological polar surface area (TPSA) is 66.8 Å². The Morgan fingerprint density at radius 1 is 1.67 bits per heavy atom. The molecular weight excluding hydrogens is 218 g/mol. The Morgan fingerprint density at radius 2 is 2.27 bits per heavy atom. The maximum Gasteiger partial charge on any atom is 0.329 e. The Bertz CT molecular complexity index is 271. The van der Waals surface area contributed by atoms with Crippen molar-refractivity contribution in [3.8, 4) is 0 Å². The summed E-state index contributed by atoms with van der Waals surface area (Å²) in [6.07, 6.45) is -0.460. The highest BCUT2D eigenvalue weighted by Gasteiger charge is 2.41. The first-order chi connectivity index (χ1) is 6.99. The van der Waals surface area contributed by atoms with Gasteiger partial charge in [0.15, 0.2) is 6.04 Å². The average molecular weight is 233 g/mol. The molecule has 0 saturated carbocycles. The Balaban J connectivity index is 2.77. The standard InChI is InChI=1S/C9H15NO4S/c1-5(3-15)8(11)10-4-14-6(2)7(10)9(12)13/h5-7,15H,3-4H2,1-2H3,(H,12,13)/t5?,6?,7-/m0/s1. The van der Waals surface area contributed by atoms with Crippen LogP contribution in [0.5, 0.6) is 0 Å². The molecular formula is C9H15NO4S. The Morgan fingerprint density at radius 3 is 2.73 bits per heavy atom. The van der Waals surface area contributed by atoms with Gasteiger partial charge in [0.1, 0.15) is 6.73 Å². The highest BCUT2D eigenvalue weighted by Crippen LogP contribution is 2.20. The van der Waals surface area contributed by atoms with Gasteiger partial charge in [-0.2, -0.15) is 12.6 Å². The van der Waals surface area contributed by atoms with E-state index < -0.39 is 18.1 Å². The number of aliphatic carboxylic acids is 1. The van der Waals surface area contributed by atoms with Crippen molar-refractivity contribution in [3.63, 3.8) is 0 Å². The normalized spacial score (nSPS) is 27.8. The fourth-order valence-electron chi connectivity index (χ4n) is 1.52. The van der Waals surface area contributed by atoms with Crippen LogP contribution in [0.25, 0.3) is 0 Å². The zero-order valence-electron chi connectivity index (χ0n) is 8.71. The van der Waals surface area contributed by atoms with Gasteiger partial charge in [0, 0.05) is 11.7 Å². The molecule has 1 saturated heterocycles. The number of ether oxygens (including phenoxy) is 1. The number of carbonyl (C=O) groups excluding carboxylic acids is 1. The second-order valence-electron chi connectivity index (χ2n) is 3.68. The van der Waals surface area contributed by atoms with Gasteiger partial charge < -0.3 is 14.7 Å². The molecule has 1 amide bonds. The molecule has 0 bridgehead atoms. The fraction of sp³-hybridized carbons (Fsp3) is 0.778. The quantitative estimate of drug-likeness (QED) is 0.684. The fourth-order valence-corrected chi connectivity index (χ4v) is 1.67. The molecule has 86 valence electrons. The van der Waals surface area contributed by atoms with Crippen LogP contribution in [0.4, 0.5) is 0 Å². The molecule has 1 N–H and O–H groups in total. The van der Waals surface area contributed by atoms with E-state index in [2.05, 4.69) is 12.6 Å². The molecule has 0 aromatic heterocycles. The second-order valence-corrected chi connectivity index (χ2v) is 4.04. The minimum absolute atomic E-state index is 0.0507. The van der Waals surface area contributed by atoms with Crippen molar-refractivity contribution in [2.45, 2.75) is 26.0 Å². The summed E-state index contributed by atoms with van der Waals surface area (Å²) >= 11 is 4.02. The molecule has 2 unspecified atom stereocenters. The Hall–Kier alpha value is -0.750. The van der Waals surface area contributed by atoms with E-state index in [0.29, 0.717) is 5.75 Å². The lowest BCUT2D eigenvalue weighted by Gasteiger charge is -2.23. The van der Waals surface area contributed by atoms with Crippen LogP contribution in [-0.4, -0.2) is 46.5 Å². The summed E-state index contributed by atoms with van der Waals surface area (Å²) in [6, 6.07) is -0.875. The molecule has 1 rings (SSSR count). The lowest BCUT2D eigenvalue weighted by atomic mass is 10.1. The SMILES string of the molecule is CC(CS)C(=O)N1COC(C)[C@H]1C(=O)O.